The third kappa shape index (κ3) is 6.38. The van der Waals surface area contributed by atoms with E-state index in [0.29, 0.717) is 13.0 Å². The maximum Gasteiger partial charge on any atom is 0.227 e. The van der Waals surface area contributed by atoms with Crippen molar-refractivity contribution >= 4 is 19.9 Å². The van der Waals surface area contributed by atoms with E-state index in [1.165, 1.54) is 5.56 Å². The smallest absolute Gasteiger partial charge is 0.227 e. The molecule has 2 aliphatic rings. The standard InChI is InChI=1S/C31H42N4O4Si/c1-22-28(15-14-23-9-7-12-25(19-23)35-17-8-13-30(35)37)39-29(31(22)40(2,3)38)16-18-34-20-27(32-33-34)26(21-36)24-10-5-4-6-11-24/h4-7,9-12,19-20,22,26,28-29,31,36,38H,8,13-18,21H2,1-3H3/t22-,26?,28+,29-,31+/m1/s1. The monoisotopic (exact) mass is 562 g/mol. The molecule has 8 nitrogen and oxygen atoms in total. The molecule has 3 aromatic rings. The average molecular weight is 563 g/mol. The van der Waals surface area contributed by atoms with Gasteiger partial charge in [0.2, 0.25) is 5.91 Å². The van der Waals surface area contributed by atoms with Crippen LogP contribution in [0.15, 0.2) is 60.8 Å². The summed E-state index contributed by atoms with van der Waals surface area (Å²) in [6.45, 7) is 7.66. The number of nitrogens with zero attached hydrogens (tertiary/aromatic N) is 4. The highest BCUT2D eigenvalue weighted by molar-refractivity contribution is 6.71. The lowest BCUT2D eigenvalue weighted by Crippen LogP contribution is -2.40. The van der Waals surface area contributed by atoms with Crippen molar-refractivity contribution < 1.29 is 19.4 Å². The molecule has 1 unspecified atom stereocenters. The predicted octanol–water partition coefficient (Wildman–Crippen LogP) is 4.52. The number of ether oxygens (including phenoxy) is 1. The Labute approximate surface area is 238 Å². The lowest BCUT2D eigenvalue weighted by atomic mass is 9.95. The van der Waals surface area contributed by atoms with Gasteiger partial charge in [0.15, 0.2) is 8.32 Å². The Balaban J connectivity index is 1.22. The van der Waals surface area contributed by atoms with Gasteiger partial charge < -0.3 is 19.5 Å². The van der Waals surface area contributed by atoms with E-state index >= 15 is 0 Å². The van der Waals surface area contributed by atoms with Gasteiger partial charge in [-0.05, 0) is 68.0 Å². The van der Waals surface area contributed by atoms with Crippen LogP contribution in [0.3, 0.4) is 0 Å². The third-order valence-corrected chi connectivity index (χ3v) is 11.2. The van der Waals surface area contributed by atoms with Gasteiger partial charge in [-0.15, -0.1) is 5.10 Å². The number of aromatic nitrogens is 3. The summed E-state index contributed by atoms with van der Waals surface area (Å²) >= 11 is 0. The van der Waals surface area contributed by atoms with Crippen molar-refractivity contribution in [2.75, 3.05) is 18.1 Å². The first-order valence-electron chi connectivity index (χ1n) is 14.6. The van der Waals surface area contributed by atoms with Crippen LogP contribution >= 0.6 is 0 Å². The first-order chi connectivity index (χ1) is 19.2. The minimum atomic E-state index is -2.48. The lowest BCUT2D eigenvalue weighted by molar-refractivity contribution is -0.117. The Hall–Kier alpha value is -2.85. The summed E-state index contributed by atoms with van der Waals surface area (Å²) in [5.74, 6) is 0.251. The topological polar surface area (TPSA) is 101 Å². The molecule has 214 valence electrons. The highest BCUT2D eigenvalue weighted by atomic mass is 28.4. The Morgan fingerprint density at radius 1 is 1.10 bits per heavy atom. The number of aliphatic hydroxyl groups excluding tert-OH is 1. The second-order valence-electron chi connectivity index (χ2n) is 12.0. The van der Waals surface area contributed by atoms with E-state index in [0.717, 1.165) is 49.2 Å². The molecule has 3 heterocycles. The molecule has 1 amide bonds. The van der Waals surface area contributed by atoms with Gasteiger partial charge in [-0.1, -0.05) is 54.6 Å². The van der Waals surface area contributed by atoms with Gasteiger partial charge in [0.25, 0.3) is 0 Å². The van der Waals surface area contributed by atoms with E-state index < -0.39 is 8.32 Å². The Kier molecular flexibility index (Phi) is 8.85. The van der Waals surface area contributed by atoms with Crippen LogP contribution in [0.4, 0.5) is 5.69 Å². The number of hydrogen-bond acceptors (Lipinski definition) is 6. The van der Waals surface area contributed by atoms with Gasteiger partial charge >= 0.3 is 0 Å². The summed E-state index contributed by atoms with van der Waals surface area (Å²) < 4.78 is 8.49. The fraction of sp³-hybridized carbons (Fsp3) is 0.516. The maximum absolute atomic E-state index is 12.2. The highest BCUT2D eigenvalue weighted by Gasteiger charge is 2.49. The number of carbonyl (C=O) groups excluding carboxylic acids is 1. The second kappa shape index (κ2) is 12.3. The van der Waals surface area contributed by atoms with Gasteiger partial charge in [0.05, 0.1) is 30.4 Å². The third-order valence-electron chi connectivity index (χ3n) is 8.67. The van der Waals surface area contributed by atoms with Gasteiger partial charge in [-0.3, -0.25) is 9.48 Å². The van der Waals surface area contributed by atoms with Gasteiger partial charge in [0, 0.05) is 36.9 Å². The summed E-state index contributed by atoms with van der Waals surface area (Å²) in [5.41, 5.74) is 4.09. The Morgan fingerprint density at radius 2 is 1.90 bits per heavy atom. The summed E-state index contributed by atoms with van der Waals surface area (Å²) in [7, 11) is -2.48. The van der Waals surface area contributed by atoms with Crippen molar-refractivity contribution in [2.45, 2.75) is 82.3 Å². The van der Waals surface area contributed by atoms with E-state index in [9.17, 15) is 14.7 Å². The van der Waals surface area contributed by atoms with E-state index in [1.54, 1.807) is 0 Å². The summed E-state index contributed by atoms with van der Waals surface area (Å²) in [4.78, 5) is 25.3. The first-order valence-corrected chi connectivity index (χ1v) is 17.6. The minimum Gasteiger partial charge on any atom is -0.432 e. The molecule has 1 aromatic heterocycles. The molecule has 0 saturated carbocycles. The molecule has 40 heavy (non-hydrogen) atoms. The van der Waals surface area contributed by atoms with E-state index in [1.807, 2.05) is 71.3 Å². The number of benzene rings is 2. The van der Waals surface area contributed by atoms with Gasteiger partial charge in [-0.2, -0.15) is 0 Å². The van der Waals surface area contributed by atoms with Crippen LogP contribution in [-0.4, -0.2) is 64.5 Å². The van der Waals surface area contributed by atoms with Gasteiger partial charge in [0.1, 0.15) is 0 Å². The zero-order valence-electron chi connectivity index (χ0n) is 23.8. The number of amides is 1. The fourth-order valence-corrected chi connectivity index (χ4v) is 9.34. The van der Waals surface area contributed by atoms with Gasteiger partial charge in [-0.25, -0.2) is 0 Å². The zero-order chi connectivity index (χ0) is 28.3. The summed E-state index contributed by atoms with van der Waals surface area (Å²) in [6, 6.07) is 18.2. The van der Waals surface area contributed by atoms with E-state index in [4.69, 9.17) is 4.74 Å². The highest BCUT2D eigenvalue weighted by Crippen LogP contribution is 2.45. The molecule has 2 saturated heterocycles. The summed E-state index contributed by atoms with van der Waals surface area (Å²) in [5, 5.41) is 18.7. The Morgan fingerprint density at radius 3 is 2.60 bits per heavy atom. The molecule has 2 aliphatic heterocycles. The van der Waals surface area contributed by atoms with Crippen molar-refractivity contribution in [3.05, 3.63) is 77.6 Å². The van der Waals surface area contributed by atoms with Crippen molar-refractivity contribution in [1.29, 1.82) is 0 Å². The minimum absolute atomic E-state index is 0.0305. The van der Waals surface area contributed by atoms with E-state index in [2.05, 4.69) is 29.4 Å². The van der Waals surface area contributed by atoms with Crippen molar-refractivity contribution in [3.63, 3.8) is 0 Å². The molecule has 9 heteroatoms. The van der Waals surface area contributed by atoms with Crippen LogP contribution in [0.2, 0.25) is 18.6 Å². The van der Waals surface area contributed by atoms with Crippen LogP contribution < -0.4 is 4.90 Å². The zero-order valence-corrected chi connectivity index (χ0v) is 24.8. The molecule has 0 radical (unpaired) electrons. The molecule has 0 spiro atoms. The van der Waals surface area contributed by atoms with Crippen LogP contribution in [0.25, 0.3) is 0 Å². The molecular formula is C31H42N4O4Si. The predicted molar refractivity (Wildman–Crippen MR) is 158 cm³/mol. The normalized spacial score (nSPS) is 24.1. The molecule has 2 fully saturated rings. The molecular weight excluding hydrogens is 520 g/mol. The molecule has 0 aliphatic carbocycles. The van der Waals surface area contributed by atoms with Crippen molar-refractivity contribution in [1.82, 2.24) is 15.0 Å². The fourth-order valence-electron chi connectivity index (χ4n) is 6.69. The number of rotatable bonds is 11. The molecule has 5 rings (SSSR count). The SMILES string of the molecule is C[C@H]1[C@H]([Si](C)(C)O)[C@@H](CCn2cc(C(CO)c3ccccc3)nn2)O[C@H]1CCc1cccc(N2CCCC2=O)c1. The van der Waals surface area contributed by atoms with Crippen molar-refractivity contribution in [2.24, 2.45) is 5.92 Å². The Bertz CT molecular complexity index is 1280. The summed E-state index contributed by atoms with van der Waals surface area (Å²) in [6.07, 6.45) is 5.97. The van der Waals surface area contributed by atoms with Crippen LogP contribution in [0.1, 0.15) is 55.3 Å². The first kappa shape index (κ1) is 28.7. The van der Waals surface area contributed by atoms with E-state index in [-0.39, 0.29) is 42.1 Å². The maximum atomic E-state index is 12.2. The number of carbonyl (C=O) groups is 1. The number of aliphatic hydroxyl groups is 1. The average Bonchev–Trinajstić information content (AvgIpc) is 3.66. The molecule has 5 atom stereocenters. The van der Waals surface area contributed by atoms with Crippen LogP contribution in [-0.2, 0) is 22.5 Å². The number of anilines is 1. The second-order valence-corrected chi connectivity index (χ2v) is 15.9. The molecule has 0 bridgehead atoms. The largest absolute Gasteiger partial charge is 0.432 e. The molecule has 2 N–H and O–H groups in total. The number of hydrogen-bond donors (Lipinski definition) is 2. The quantitative estimate of drug-likeness (QED) is 0.333. The molecule has 2 aromatic carbocycles. The van der Waals surface area contributed by atoms with Crippen molar-refractivity contribution in [3.8, 4) is 0 Å². The van der Waals surface area contributed by atoms with Crippen LogP contribution in [0, 0.1) is 5.92 Å². The number of aryl methyl sites for hydroxylation is 2. The lowest BCUT2D eigenvalue weighted by Gasteiger charge is -2.30. The van der Waals surface area contributed by atoms with Crippen LogP contribution in [0.5, 0.6) is 0 Å².